The van der Waals surface area contributed by atoms with Gasteiger partial charge in [0.05, 0.1) is 7.11 Å². The van der Waals surface area contributed by atoms with Crippen LogP contribution in [0.25, 0.3) is 0 Å². The minimum absolute atomic E-state index is 0.675. The number of para-hydroxylation sites is 1. The number of hydrogen-bond acceptors (Lipinski definition) is 2. The Bertz CT molecular complexity index is 356. The summed E-state index contributed by atoms with van der Waals surface area (Å²) < 4.78 is 5.42. The van der Waals surface area contributed by atoms with Gasteiger partial charge in [0, 0.05) is 23.5 Å². The molecule has 94 valence electrons. The van der Waals surface area contributed by atoms with E-state index < -0.39 is 0 Å². The SMILES string of the molecule is COc1ccccc1CN1CCCCC1CBr. The van der Waals surface area contributed by atoms with Crippen LogP contribution >= 0.6 is 15.9 Å². The van der Waals surface area contributed by atoms with Crippen LogP contribution in [-0.4, -0.2) is 29.9 Å². The normalized spacial score (nSPS) is 21.4. The second-order valence-electron chi connectivity index (χ2n) is 4.59. The molecule has 1 saturated heterocycles. The summed E-state index contributed by atoms with van der Waals surface area (Å²) in [5, 5.41) is 1.07. The van der Waals surface area contributed by atoms with Crippen molar-refractivity contribution in [2.24, 2.45) is 0 Å². The number of likely N-dealkylation sites (tertiary alicyclic amines) is 1. The number of halogens is 1. The third-order valence-electron chi connectivity index (χ3n) is 3.49. The predicted molar refractivity (Wildman–Crippen MR) is 74.8 cm³/mol. The fourth-order valence-corrected chi connectivity index (χ4v) is 3.23. The molecule has 1 fully saturated rings. The van der Waals surface area contributed by atoms with E-state index in [1.807, 2.05) is 12.1 Å². The quantitative estimate of drug-likeness (QED) is 0.790. The third kappa shape index (κ3) is 3.23. The van der Waals surface area contributed by atoms with Crippen LogP contribution in [0.5, 0.6) is 5.75 Å². The minimum Gasteiger partial charge on any atom is -0.496 e. The van der Waals surface area contributed by atoms with E-state index in [1.54, 1.807) is 7.11 Å². The van der Waals surface area contributed by atoms with Crippen molar-refractivity contribution < 1.29 is 4.74 Å². The summed E-state index contributed by atoms with van der Waals surface area (Å²) in [5.74, 6) is 1.01. The predicted octanol–water partition coefficient (Wildman–Crippen LogP) is 3.44. The van der Waals surface area contributed by atoms with Crippen LogP contribution in [0, 0.1) is 0 Å². The number of hydrogen-bond donors (Lipinski definition) is 0. The molecule has 1 unspecified atom stereocenters. The van der Waals surface area contributed by atoms with E-state index in [9.17, 15) is 0 Å². The van der Waals surface area contributed by atoms with E-state index in [-0.39, 0.29) is 0 Å². The van der Waals surface area contributed by atoms with Crippen molar-refractivity contribution in [3.63, 3.8) is 0 Å². The van der Waals surface area contributed by atoms with Gasteiger partial charge in [0.2, 0.25) is 0 Å². The molecule has 0 bridgehead atoms. The highest BCUT2D eigenvalue weighted by Gasteiger charge is 2.22. The molecule has 2 rings (SSSR count). The van der Waals surface area contributed by atoms with Crippen molar-refractivity contribution >= 4 is 15.9 Å². The molecule has 0 aromatic heterocycles. The zero-order valence-corrected chi connectivity index (χ0v) is 11.9. The Morgan fingerprint density at radius 1 is 1.35 bits per heavy atom. The molecule has 1 aromatic carbocycles. The lowest BCUT2D eigenvalue weighted by molar-refractivity contribution is 0.155. The molecule has 0 amide bonds. The van der Waals surface area contributed by atoms with E-state index in [0.29, 0.717) is 6.04 Å². The van der Waals surface area contributed by atoms with Gasteiger partial charge in [-0.1, -0.05) is 40.5 Å². The van der Waals surface area contributed by atoms with Gasteiger partial charge in [0.1, 0.15) is 5.75 Å². The van der Waals surface area contributed by atoms with Gasteiger partial charge in [0.15, 0.2) is 0 Å². The zero-order chi connectivity index (χ0) is 12.1. The molecule has 1 aliphatic heterocycles. The standard InChI is InChI=1S/C14H20BrNO/c1-17-14-8-3-2-6-12(14)11-16-9-5-4-7-13(16)10-15/h2-3,6,8,13H,4-5,7,9-11H2,1H3. The molecule has 1 heterocycles. The Labute approximate surface area is 112 Å². The van der Waals surface area contributed by atoms with Gasteiger partial charge in [0.25, 0.3) is 0 Å². The van der Waals surface area contributed by atoms with Crippen molar-refractivity contribution in [1.29, 1.82) is 0 Å². The van der Waals surface area contributed by atoms with E-state index in [4.69, 9.17) is 4.74 Å². The average molecular weight is 298 g/mol. The highest BCUT2D eigenvalue weighted by atomic mass is 79.9. The van der Waals surface area contributed by atoms with Gasteiger partial charge in [-0.25, -0.2) is 0 Å². The summed E-state index contributed by atoms with van der Waals surface area (Å²) in [6, 6.07) is 9.00. The smallest absolute Gasteiger partial charge is 0.123 e. The summed E-state index contributed by atoms with van der Waals surface area (Å²) in [6.07, 6.45) is 3.98. The Morgan fingerprint density at radius 2 is 2.18 bits per heavy atom. The first-order valence-electron chi connectivity index (χ1n) is 6.27. The zero-order valence-electron chi connectivity index (χ0n) is 10.4. The molecule has 1 aromatic rings. The Kier molecular flexibility index (Phi) is 4.86. The lowest BCUT2D eigenvalue weighted by Gasteiger charge is -2.34. The van der Waals surface area contributed by atoms with Crippen molar-refractivity contribution in [2.45, 2.75) is 31.8 Å². The molecule has 0 aliphatic carbocycles. The Hall–Kier alpha value is -0.540. The number of piperidine rings is 1. The molecule has 0 radical (unpaired) electrons. The fourth-order valence-electron chi connectivity index (χ4n) is 2.50. The molecule has 1 atom stereocenters. The molecule has 17 heavy (non-hydrogen) atoms. The summed E-state index contributed by atoms with van der Waals surface area (Å²) in [6.45, 7) is 2.20. The van der Waals surface area contributed by atoms with Crippen LogP contribution in [-0.2, 0) is 6.54 Å². The topological polar surface area (TPSA) is 12.5 Å². The second kappa shape index (κ2) is 6.41. The van der Waals surface area contributed by atoms with Crippen molar-refractivity contribution in [3.8, 4) is 5.75 Å². The highest BCUT2D eigenvalue weighted by Crippen LogP contribution is 2.25. The number of nitrogens with zero attached hydrogens (tertiary/aromatic N) is 1. The Balaban J connectivity index is 2.08. The van der Waals surface area contributed by atoms with Crippen LogP contribution in [0.2, 0.25) is 0 Å². The average Bonchev–Trinajstić information content (AvgIpc) is 2.40. The number of methoxy groups -OCH3 is 1. The van der Waals surface area contributed by atoms with Crippen LogP contribution in [0.3, 0.4) is 0 Å². The first-order valence-corrected chi connectivity index (χ1v) is 7.39. The molecular weight excluding hydrogens is 278 g/mol. The largest absolute Gasteiger partial charge is 0.496 e. The highest BCUT2D eigenvalue weighted by molar-refractivity contribution is 9.09. The molecule has 0 N–H and O–H groups in total. The Morgan fingerprint density at radius 3 is 2.94 bits per heavy atom. The van der Waals surface area contributed by atoms with Crippen LogP contribution in [0.15, 0.2) is 24.3 Å². The van der Waals surface area contributed by atoms with E-state index in [2.05, 4.69) is 33.0 Å². The number of rotatable bonds is 4. The number of ether oxygens (including phenoxy) is 1. The van der Waals surface area contributed by atoms with Gasteiger partial charge in [-0.2, -0.15) is 0 Å². The van der Waals surface area contributed by atoms with Crippen molar-refractivity contribution in [3.05, 3.63) is 29.8 Å². The van der Waals surface area contributed by atoms with Gasteiger partial charge < -0.3 is 4.74 Å². The molecule has 0 saturated carbocycles. The van der Waals surface area contributed by atoms with Gasteiger partial charge >= 0.3 is 0 Å². The molecule has 0 spiro atoms. The van der Waals surface area contributed by atoms with Crippen LogP contribution in [0.4, 0.5) is 0 Å². The molecule has 2 nitrogen and oxygen atoms in total. The van der Waals surface area contributed by atoms with E-state index in [1.165, 1.54) is 31.4 Å². The lowest BCUT2D eigenvalue weighted by atomic mass is 10.0. The first-order chi connectivity index (χ1) is 8.35. The summed E-state index contributed by atoms with van der Waals surface area (Å²) >= 11 is 3.63. The number of alkyl halides is 1. The maximum atomic E-state index is 5.42. The summed E-state index contributed by atoms with van der Waals surface area (Å²) in [4.78, 5) is 2.57. The van der Waals surface area contributed by atoms with Crippen LogP contribution in [0.1, 0.15) is 24.8 Å². The minimum atomic E-state index is 0.675. The van der Waals surface area contributed by atoms with Gasteiger partial charge in [-0.05, 0) is 25.5 Å². The monoisotopic (exact) mass is 297 g/mol. The van der Waals surface area contributed by atoms with Crippen molar-refractivity contribution in [1.82, 2.24) is 4.90 Å². The van der Waals surface area contributed by atoms with E-state index in [0.717, 1.165) is 17.6 Å². The van der Waals surface area contributed by atoms with Crippen molar-refractivity contribution in [2.75, 3.05) is 19.0 Å². The molecular formula is C14H20BrNO. The van der Waals surface area contributed by atoms with Gasteiger partial charge in [-0.15, -0.1) is 0 Å². The van der Waals surface area contributed by atoms with Gasteiger partial charge in [-0.3, -0.25) is 4.90 Å². The molecule has 1 aliphatic rings. The first kappa shape index (κ1) is 12.9. The van der Waals surface area contributed by atoms with Crippen LogP contribution < -0.4 is 4.74 Å². The molecule has 3 heteroatoms. The fraction of sp³-hybridized carbons (Fsp3) is 0.571. The van der Waals surface area contributed by atoms with E-state index >= 15 is 0 Å². The number of benzene rings is 1. The lowest BCUT2D eigenvalue weighted by Crippen LogP contribution is -2.39. The third-order valence-corrected chi connectivity index (χ3v) is 4.24. The maximum Gasteiger partial charge on any atom is 0.123 e. The summed E-state index contributed by atoms with van der Waals surface area (Å²) in [7, 11) is 1.75. The second-order valence-corrected chi connectivity index (χ2v) is 5.23. The maximum absolute atomic E-state index is 5.42. The summed E-state index contributed by atoms with van der Waals surface area (Å²) in [5.41, 5.74) is 1.29.